The van der Waals surface area contributed by atoms with Crippen LogP contribution < -0.4 is 10.6 Å². The lowest BCUT2D eigenvalue weighted by atomic mass is 9.95. The highest BCUT2D eigenvalue weighted by atomic mass is 32.2. The Bertz CT molecular complexity index is 1000. The summed E-state index contributed by atoms with van der Waals surface area (Å²) in [6, 6.07) is 8.57. The molecule has 0 heterocycles. The van der Waals surface area contributed by atoms with Crippen molar-refractivity contribution in [1.82, 2.24) is 0 Å². The Kier molecular flexibility index (Phi) is 7.32. The van der Waals surface area contributed by atoms with Gasteiger partial charge in [-0.15, -0.1) is 11.8 Å². The molecule has 2 rings (SSSR count). The third-order valence-corrected chi connectivity index (χ3v) is 4.99. The molecule has 0 saturated heterocycles. The van der Waals surface area contributed by atoms with E-state index in [2.05, 4.69) is 10.6 Å². The summed E-state index contributed by atoms with van der Waals surface area (Å²) in [4.78, 5) is 34.4. The van der Waals surface area contributed by atoms with E-state index in [-0.39, 0.29) is 16.6 Å². The van der Waals surface area contributed by atoms with Crippen molar-refractivity contribution in [3.05, 3.63) is 58.1 Å². The van der Waals surface area contributed by atoms with Crippen molar-refractivity contribution < 1.29 is 27.7 Å². The summed E-state index contributed by atoms with van der Waals surface area (Å²) < 4.78 is 38.3. The number of nitrogens with one attached hydrogen (secondary N) is 2. The van der Waals surface area contributed by atoms with Crippen LogP contribution in [-0.4, -0.2) is 22.5 Å². The van der Waals surface area contributed by atoms with E-state index < -0.39 is 33.7 Å². The van der Waals surface area contributed by atoms with Crippen LogP contribution in [0.3, 0.4) is 0 Å². The van der Waals surface area contributed by atoms with Crippen LogP contribution in [0.1, 0.15) is 26.3 Å². The molecular formula is C20H20F3N3O4S. The molecule has 0 aromatic heterocycles. The lowest BCUT2D eigenvalue weighted by molar-refractivity contribution is -0.388. The van der Waals surface area contributed by atoms with Crippen LogP contribution in [0.25, 0.3) is 0 Å². The monoisotopic (exact) mass is 455 g/mol. The number of halogens is 3. The molecule has 2 amide bonds. The molecule has 2 aromatic rings. The van der Waals surface area contributed by atoms with E-state index in [1.54, 1.807) is 45.0 Å². The van der Waals surface area contributed by atoms with Gasteiger partial charge in [-0.3, -0.25) is 19.7 Å². The number of amides is 2. The average Bonchev–Trinajstić information content (AvgIpc) is 2.65. The van der Waals surface area contributed by atoms with E-state index in [0.29, 0.717) is 17.4 Å². The zero-order chi connectivity index (χ0) is 23.4. The Labute approximate surface area is 180 Å². The molecule has 7 nitrogen and oxygen atoms in total. The number of benzene rings is 2. The fraction of sp³-hybridized carbons (Fsp3) is 0.300. The Morgan fingerprint density at radius 3 is 2.19 bits per heavy atom. The fourth-order valence-electron chi connectivity index (χ4n) is 2.29. The van der Waals surface area contributed by atoms with Gasteiger partial charge in [0.1, 0.15) is 0 Å². The summed E-state index contributed by atoms with van der Waals surface area (Å²) in [5, 5.41) is 16.4. The highest BCUT2D eigenvalue weighted by Gasteiger charge is 2.33. The number of anilines is 2. The quantitative estimate of drug-likeness (QED) is 0.348. The SMILES string of the molecule is CC(C)(C)C(=O)Nc1cccc(NC(=O)CSc2ccc(C(F)(F)F)cc2[N+](=O)[O-])c1. The normalized spacial score (nSPS) is 11.7. The van der Waals surface area contributed by atoms with Crippen molar-refractivity contribution >= 4 is 40.6 Å². The van der Waals surface area contributed by atoms with Crippen LogP contribution >= 0.6 is 11.8 Å². The first-order valence-corrected chi connectivity index (χ1v) is 9.96. The number of rotatable bonds is 6. The van der Waals surface area contributed by atoms with Gasteiger partial charge in [-0.25, -0.2) is 0 Å². The number of hydrogen-bond donors (Lipinski definition) is 2. The molecule has 11 heteroatoms. The number of alkyl halides is 3. The van der Waals surface area contributed by atoms with Crippen molar-refractivity contribution in [3.8, 4) is 0 Å². The molecule has 0 aliphatic heterocycles. The van der Waals surface area contributed by atoms with Crippen molar-refractivity contribution in [2.24, 2.45) is 5.41 Å². The molecule has 0 fully saturated rings. The zero-order valence-corrected chi connectivity index (χ0v) is 17.7. The Hall–Kier alpha value is -3.08. The number of carbonyl (C=O) groups is 2. The maximum absolute atomic E-state index is 12.8. The lowest BCUT2D eigenvalue weighted by Gasteiger charge is -2.18. The third-order valence-electron chi connectivity index (χ3n) is 3.93. The van der Waals surface area contributed by atoms with Gasteiger partial charge < -0.3 is 10.6 Å². The molecule has 0 saturated carbocycles. The Balaban J connectivity index is 2.05. The van der Waals surface area contributed by atoms with E-state index in [9.17, 15) is 32.9 Å². The predicted molar refractivity (Wildman–Crippen MR) is 112 cm³/mol. The molecule has 2 aromatic carbocycles. The van der Waals surface area contributed by atoms with E-state index >= 15 is 0 Å². The first-order chi connectivity index (χ1) is 14.3. The minimum Gasteiger partial charge on any atom is -0.326 e. The third kappa shape index (κ3) is 6.99. The van der Waals surface area contributed by atoms with Gasteiger partial charge in [-0.2, -0.15) is 13.2 Å². The molecule has 2 N–H and O–H groups in total. The second-order valence-electron chi connectivity index (χ2n) is 7.56. The van der Waals surface area contributed by atoms with Crippen LogP contribution in [0.15, 0.2) is 47.4 Å². The number of nitro benzene ring substituents is 1. The minimum absolute atomic E-state index is 0.0562. The Morgan fingerprint density at radius 1 is 1.03 bits per heavy atom. The van der Waals surface area contributed by atoms with Gasteiger partial charge in [0.2, 0.25) is 11.8 Å². The summed E-state index contributed by atoms with van der Waals surface area (Å²) in [5.74, 6) is -0.982. The molecular weight excluding hydrogens is 435 g/mol. The second-order valence-corrected chi connectivity index (χ2v) is 8.58. The topological polar surface area (TPSA) is 101 Å². The van der Waals surface area contributed by atoms with E-state index in [4.69, 9.17) is 0 Å². The van der Waals surface area contributed by atoms with Gasteiger partial charge in [0.25, 0.3) is 5.69 Å². The van der Waals surface area contributed by atoms with Crippen LogP contribution in [0.5, 0.6) is 0 Å². The van der Waals surface area contributed by atoms with Crippen LogP contribution in [-0.2, 0) is 15.8 Å². The second kappa shape index (κ2) is 9.38. The number of nitro groups is 1. The van der Waals surface area contributed by atoms with Crippen molar-refractivity contribution in [2.45, 2.75) is 31.8 Å². The largest absolute Gasteiger partial charge is 0.416 e. The molecule has 0 aliphatic rings. The fourth-order valence-corrected chi connectivity index (χ4v) is 3.10. The zero-order valence-electron chi connectivity index (χ0n) is 16.9. The number of hydrogen-bond acceptors (Lipinski definition) is 5. The van der Waals surface area contributed by atoms with Gasteiger partial charge >= 0.3 is 6.18 Å². The van der Waals surface area contributed by atoms with Crippen LogP contribution in [0.2, 0.25) is 0 Å². The molecule has 0 atom stereocenters. The number of nitrogens with zero attached hydrogens (tertiary/aromatic N) is 1. The van der Waals surface area contributed by atoms with Gasteiger partial charge in [0.15, 0.2) is 0 Å². The molecule has 0 spiro atoms. The Morgan fingerprint density at radius 2 is 1.65 bits per heavy atom. The number of carbonyl (C=O) groups excluding carboxylic acids is 2. The van der Waals surface area contributed by atoms with Crippen molar-refractivity contribution in [3.63, 3.8) is 0 Å². The van der Waals surface area contributed by atoms with Crippen LogP contribution in [0, 0.1) is 15.5 Å². The summed E-state index contributed by atoms with van der Waals surface area (Å²) in [7, 11) is 0. The highest BCUT2D eigenvalue weighted by Crippen LogP contribution is 2.36. The molecule has 0 unspecified atom stereocenters. The first kappa shape index (κ1) is 24.2. The standard InChI is InChI=1S/C20H20F3N3O4S/c1-19(2,3)18(28)25-14-6-4-5-13(10-14)24-17(27)11-31-16-8-7-12(20(21,22)23)9-15(16)26(29)30/h4-10H,11H2,1-3H3,(H,24,27)(H,25,28). The summed E-state index contributed by atoms with van der Waals surface area (Å²) >= 11 is 0.749. The van der Waals surface area contributed by atoms with E-state index in [1.165, 1.54) is 0 Å². The molecule has 31 heavy (non-hydrogen) atoms. The molecule has 0 aliphatic carbocycles. The highest BCUT2D eigenvalue weighted by molar-refractivity contribution is 8.00. The molecule has 0 bridgehead atoms. The molecule has 0 radical (unpaired) electrons. The summed E-state index contributed by atoms with van der Waals surface area (Å²) in [6.45, 7) is 5.27. The van der Waals surface area contributed by atoms with Crippen molar-refractivity contribution in [1.29, 1.82) is 0 Å². The van der Waals surface area contributed by atoms with Crippen molar-refractivity contribution in [2.75, 3.05) is 16.4 Å². The van der Waals surface area contributed by atoms with E-state index in [0.717, 1.165) is 23.9 Å². The van der Waals surface area contributed by atoms with E-state index in [1.807, 2.05) is 0 Å². The van der Waals surface area contributed by atoms with Gasteiger partial charge in [-0.1, -0.05) is 26.8 Å². The van der Waals surface area contributed by atoms with Gasteiger partial charge in [0.05, 0.1) is 21.1 Å². The summed E-state index contributed by atoms with van der Waals surface area (Å²) in [5.41, 5.74) is -1.60. The van der Waals surface area contributed by atoms with Gasteiger partial charge in [0, 0.05) is 22.9 Å². The smallest absolute Gasteiger partial charge is 0.326 e. The average molecular weight is 455 g/mol. The minimum atomic E-state index is -4.71. The summed E-state index contributed by atoms with van der Waals surface area (Å²) in [6.07, 6.45) is -4.71. The maximum Gasteiger partial charge on any atom is 0.416 e. The lowest BCUT2D eigenvalue weighted by Crippen LogP contribution is -2.27. The van der Waals surface area contributed by atoms with Gasteiger partial charge in [-0.05, 0) is 30.3 Å². The number of thioether (sulfide) groups is 1. The van der Waals surface area contributed by atoms with Crippen LogP contribution in [0.4, 0.5) is 30.2 Å². The maximum atomic E-state index is 12.8. The molecule has 166 valence electrons. The first-order valence-electron chi connectivity index (χ1n) is 8.97. The predicted octanol–water partition coefficient (Wildman–Crippen LogP) is 5.33.